The molecule has 1 amide bonds. The van der Waals surface area contributed by atoms with Crippen molar-refractivity contribution in [2.75, 3.05) is 32.6 Å². The minimum absolute atomic E-state index is 0.0123. The molecule has 0 heterocycles. The Morgan fingerprint density at radius 2 is 1.10 bits per heavy atom. The summed E-state index contributed by atoms with van der Waals surface area (Å²) in [6.07, 6.45) is 24.7. The molecule has 0 rings (SSSR count). The van der Waals surface area contributed by atoms with Crippen molar-refractivity contribution in [3.05, 3.63) is 12.2 Å². The Kier molecular flexibility index (Phi) is 26.4. The van der Waals surface area contributed by atoms with Crippen molar-refractivity contribution in [1.29, 1.82) is 0 Å². The van der Waals surface area contributed by atoms with Crippen molar-refractivity contribution in [2.45, 2.75) is 142 Å². The maximum Gasteiger partial charge on any atom is 0.407 e. The van der Waals surface area contributed by atoms with Gasteiger partial charge in [0.2, 0.25) is 0 Å². The van der Waals surface area contributed by atoms with Crippen LogP contribution in [0.2, 0.25) is 0 Å². The van der Waals surface area contributed by atoms with Crippen LogP contribution < -0.4 is 5.32 Å². The largest absolute Gasteiger partial charge is 0.461 e. The summed E-state index contributed by atoms with van der Waals surface area (Å²) in [6, 6.07) is 0. The summed E-state index contributed by atoms with van der Waals surface area (Å²) in [5.74, 6) is -0.332. The lowest BCUT2D eigenvalue weighted by Gasteiger charge is -2.10. The second kappa shape index (κ2) is 27.6. The molecule has 0 radical (unpaired) electrons. The fourth-order valence-corrected chi connectivity index (χ4v) is 4.73. The van der Waals surface area contributed by atoms with Crippen molar-refractivity contribution in [3.63, 3.8) is 0 Å². The van der Waals surface area contributed by atoms with Gasteiger partial charge < -0.3 is 14.8 Å². The van der Waals surface area contributed by atoms with E-state index in [1.807, 2.05) is 0 Å². The monoisotopic (exact) mass is 589 g/mol. The minimum Gasteiger partial charge on any atom is -0.461 e. The van der Waals surface area contributed by atoms with E-state index in [1.54, 1.807) is 0 Å². The van der Waals surface area contributed by atoms with Gasteiger partial charge in [0.25, 0.3) is 10.1 Å². The molecule has 8 nitrogen and oxygen atoms in total. The van der Waals surface area contributed by atoms with Gasteiger partial charge in [-0.2, -0.15) is 8.42 Å². The van der Waals surface area contributed by atoms with E-state index >= 15 is 0 Å². The molecule has 0 aliphatic carbocycles. The highest BCUT2D eigenvalue weighted by Crippen LogP contribution is 2.13. The summed E-state index contributed by atoms with van der Waals surface area (Å²) in [6.45, 7) is 6.85. The Hall–Kier alpha value is -1.61. The number of amides is 1. The van der Waals surface area contributed by atoms with Crippen molar-refractivity contribution < 1.29 is 31.7 Å². The van der Waals surface area contributed by atoms with E-state index in [2.05, 4.69) is 23.0 Å². The van der Waals surface area contributed by atoms with Gasteiger partial charge in [-0.25, -0.2) is 4.79 Å². The Labute approximate surface area is 245 Å². The third kappa shape index (κ3) is 30.9. The molecule has 40 heavy (non-hydrogen) atoms. The number of ether oxygens (including phenoxy) is 2. The number of hydrogen-bond donors (Lipinski definition) is 1. The molecular formula is C31H59NO7S. The first-order chi connectivity index (χ1) is 19.2. The van der Waals surface area contributed by atoms with Crippen molar-refractivity contribution >= 4 is 22.2 Å². The number of nitrogens with one attached hydrogen (secondary N) is 1. The van der Waals surface area contributed by atoms with Crippen LogP contribution >= 0.6 is 0 Å². The van der Waals surface area contributed by atoms with Gasteiger partial charge in [0, 0.05) is 13.0 Å². The highest BCUT2D eigenvalue weighted by atomic mass is 32.2. The zero-order valence-corrected chi connectivity index (χ0v) is 26.5. The van der Waals surface area contributed by atoms with Gasteiger partial charge in [0.1, 0.15) is 13.2 Å². The summed E-state index contributed by atoms with van der Waals surface area (Å²) < 4.78 is 36.7. The first kappa shape index (κ1) is 38.4. The van der Waals surface area contributed by atoms with E-state index in [-0.39, 0.29) is 32.2 Å². The smallest absolute Gasteiger partial charge is 0.407 e. The maximum absolute atomic E-state index is 11.8. The van der Waals surface area contributed by atoms with E-state index in [4.69, 9.17) is 9.47 Å². The van der Waals surface area contributed by atoms with Crippen LogP contribution in [0.4, 0.5) is 4.79 Å². The fraction of sp³-hybridized carbons (Fsp3) is 0.871. The molecule has 0 bridgehead atoms. The molecule has 9 heteroatoms. The lowest BCUT2D eigenvalue weighted by Crippen LogP contribution is -2.26. The van der Waals surface area contributed by atoms with Gasteiger partial charge in [-0.1, -0.05) is 123 Å². The number of rotatable bonds is 29. The quantitative estimate of drug-likeness (QED) is 0.0407. The van der Waals surface area contributed by atoms with Crippen LogP contribution in [0, 0.1) is 0 Å². The number of carbonyl (C=O) groups is 2. The third-order valence-electron chi connectivity index (χ3n) is 6.72. The molecule has 0 aromatic rings. The standard InChI is InChI=1S/C31H59NO7S/c1-4-5-6-7-8-9-10-11-12-13-14-15-16-17-19-22-25-32-31(34)38-28-29(2)27-37-30(33)24-21-18-20-23-26-39-40(3,35)36/h2,4-28H2,1,3H3,(H,32,34). The molecular weight excluding hydrogens is 530 g/mol. The fourth-order valence-electron chi connectivity index (χ4n) is 4.31. The molecule has 0 aromatic carbocycles. The van der Waals surface area contributed by atoms with Gasteiger partial charge in [-0.15, -0.1) is 0 Å². The summed E-state index contributed by atoms with van der Waals surface area (Å²) >= 11 is 0. The highest BCUT2D eigenvalue weighted by molar-refractivity contribution is 7.85. The van der Waals surface area contributed by atoms with Crippen molar-refractivity contribution in [3.8, 4) is 0 Å². The lowest BCUT2D eigenvalue weighted by atomic mass is 10.0. The molecule has 0 fully saturated rings. The normalized spacial score (nSPS) is 11.3. The highest BCUT2D eigenvalue weighted by Gasteiger charge is 2.07. The van der Waals surface area contributed by atoms with Crippen molar-refractivity contribution in [2.24, 2.45) is 0 Å². The van der Waals surface area contributed by atoms with Gasteiger partial charge in [0.15, 0.2) is 0 Å². The molecule has 236 valence electrons. The predicted molar refractivity (Wildman–Crippen MR) is 163 cm³/mol. The average Bonchev–Trinajstić information content (AvgIpc) is 2.91. The van der Waals surface area contributed by atoms with Crippen LogP contribution in [0.15, 0.2) is 12.2 Å². The van der Waals surface area contributed by atoms with Gasteiger partial charge in [-0.3, -0.25) is 8.98 Å². The number of unbranched alkanes of at least 4 members (excludes halogenated alkanes) is 18. The van der Waals surface area contributed by atoms with E-state index in [0.717, 1.165) is 31.9 Å². The van der Waals surface area contributed by atoms with Gasteiger partial charge in [0.05, 0.1) is 12.9 Å². The maximum atomic E-state index is 11.8. The summed E-state index contributed by atoms with van der Waals surface area (Å²) in [4.78, 5) is 23.6. The number of esters is 1. The van der Waals surface area contributed by atoms with Gasteiger partial charge >= 0.3 is 12.1 Å². The topological polar surface area (TPSA) is 108 Å². The van der Waals surface area contributed by atoms with Crippen LogP contribution in [0.1, 0.15) is 142 Å². The lowest BCUT2D eigenvalue weighted by molar-refractivity contribution is -0.142. The molecule has 0 aliphatic heterocycles. The Bertz CT molecular complexity index is 740. The zero-order valence-electron chi connectivity index (χ0n) is 25.7. The van der Waals surface area contributed by atoms with E-state index in [0.29, 0.717) is 25.0 Å². The molecule has 1 N–H and O–H groups in total. The van der Waals surface area contributed by atoms with Gasteiger partial charge in [-0.05, 0) is 24.8 Å². The summed E-state index contributed by atoms with van der Waals surface area (Å²) in [5.41, 5.74) is 0.517. The molecule has 0 unspecified atom stereocenters. The van der Waals surface area contributed by atoms with E-state index in [9.17, 15) is 18.0 Å². The predicted octanol–water partition coefficient (Wildman–Crippen LogP) is 8.00. The summed E-state index contributed by atoms with van der Waals surface area (Å²) in [7, 11) is -3.39. The van der Waals surface area contributed by atoms with Crippen LogP contribution in [-0.4, -0.2) is 53.1 Å². The molecule has 0 spiro atoms. The van der Waals surface area contributed by atoms with E-state index < -0.39 is 16.2 Å². The number of carbonyl (C=O) groups excluding carboxylic acids is 2. The molecule has 0 aliphatic rings. The SMILES string of the molecule is C=C(COC(=O)CCCCCCOS(C)(=O)=O)COC(=O)NCCCCCCCCCCCCCCCCCC. The molecule has 0 aromatic heterocycles. The first-order valence-corrected chi connectivity index (χ1v) is 17.6. The Balaban J connectivity index is 3.42. The first-order valence-electron chi connectivity index (χ1n) is 15.8. The van der Waals surface area contributed by atoms with Crippen LogP contribution in [-0.2, 0) is 28.6 Å². The van der Waals surface area contributed by atoms with Crippen LogP contribution in [0.25, 0.3) is 0 Å². The summed E-state index contributed by atoms with van der Waals surface area (Å²) in [5, 5.41) is 2.76. The number of alkyl carbamates (subject to hydrolysis) is 1. The van der Waals surface area contributed by atoms with Crippen molar-refractivity contribution in [1.82, 2.24) is 5.32 Å². The van der Waals surface area contributed by atoms with Crippen LogP contribution in [0.5, 0.6) is 0 Å². The van der Waals surface area contributed by atoms with Crippen LogP contribution in [0.3, 0.4) is 0 Å². The zero-order chi connectivity index (χ0) is 29.7. The molecule has 0 atom stereocenters. The number of hydrogen-bond acceptors (Lipinski definition) is 7. The second-order valence-electron chi connectivity index (χ2n) is 10.9. The molecule has 0 saturated carbocycles. The third-order valence-corrected chi connectivity index (χ3v) is 7.31. The van der Waals surface area contributed by atoms with E-state index in [1.165, 1.54) is 89.9 Å². The average molecular weight is 590 g/mol. The second-order valence-corrected chi connectivity index (χ2v) is 12.6. The minimum atomic E-state index is -3.39. The molecule has 0 saturated heterocycles. The Morgan fingerprint density at radius 1 is 0.650 bits per heavy atom. The Morgan fingerprint density at radius 3 is 1.62 bits per heavy atom.